The molecular formula is C14H19FN6O. The molecule has 1 heterocycles. The van der Waals surface area contributed by atoms with Gasteiger partial charge in [-0.3, -0.25) is 4.79 Å². The molecule has 0 saturated carbocycles. The van der Waals surface area contributed by atoms with Crippen LogP contribution < -0.4 is 11.1 Å². The second-order valence-electron chi connectivity index (χ2n) is 5.20. The number of anilines is 1. The van der Waals surface area contributed by atoms with E-state index < -0.39 is 11.9 Å². The average molecular weight is 306 g/mol. The summed E-state index contributed by atoms with van der Waals surface area (Å²) in [6.45, 7) is 5.53. The summed E-state index contributed by atoms with van der Waals surface area (Å²) >= 11 is 0. The van der Waals surface area contributed by atoms with E-state index in [0.29, 0.717) is 11.5 Å². The first-order chi connectivity index (χ1) is 10.4. The van der Waals surface area contributed by atoms with E-state index in [1.807, 2.05) is 13.8 Å². The Kier molecular flexibility index (Phi) is 4.81. The second kappa shape index (κ2) is 6.61. The first-order valence-electron chi connectivity index (χ1n) is 7.05. The van der Waals surface area contributed by atoms with Crippen LogP contribution in [0.1, 0.15) is 26.1 Å². The molecule has 0 aliphatic heterocycles. The van der Waals surface area contributed by atoms with Crippen molar-refractivity contribution in [2.75, 3.05) is 5.32 Å². The lowest BCUT2D eigenvalue weighted by Gasteiger charge is -2.18. The van der Waals surface area contributed by atoms with Crippen molar-refractivity contribution in [2.24, 2.45) is 11.7 Å². The van der Waals surface area contributed by atoms with E-state index in [0.717, 1.165) is 6.42 Å². The molecule has 0 bridgehead atoms. The molecule has 0 fully saturated rings. The summed E-state index contributed by atoms with van der Waals surface area (Å²) < 4.78 is 15.2. The minimum absolute atomic E-state index is 0.0571. The van der Waals surface area contributed by atoms with Gasteiger partial charge in [0.25, 0.3) is 0 Å². The van der Waals surface area contributed by atoms with Gasteiger partial charge in [0, 0.05) is 5.69 Å². The smallest absolute Gasteiger partial charge is 0.241 e. The Morgan fingerprint density at radius 2 is 2.23 bits per heavy atom. The Labute approximate surface area is 127 Å². The van der Waals surface area contributed by atoms with E-state index in [1.54, 1.807) is 6.92 Å². The van der Waals surface area contributed by atoms with Crippen molar-refractivity contribution in [3.63, 3.8) is 0 Å². The molecule has 0 aliphatic carbocycles. The van der Waals surface area contributed by atoms with Gasteiger partial charge in [0.15, 0.2) is 5.82 Å². The lowest BCUT2D eigenvalue weighted by molar-refractivity contribution is -0.118. The fourth-order valence-electron chi connectivity index (χ4n) is 1.94. The zero-order valence-corrected chi connectivity index (χ0v) is 12.7. The quantitative estimate of drug-likeness (QED) is 0.870. The lowest BCUT2D eigenvalue weighted by Crippen LogP contribution is -2.40. The number of rotatable bonds is 5. The SMILES string of the molecule is CCC(C)C(N)C(=O)Nc1ccc(F)c(-n2nnnc2C)c1. The predicted octanol–water partition coefficient (Wildman–Crippen LogP) is 1.42. The monoisotopic (exact) mass is 306 g/mol. The minimum Gasteiger partial charge on any atom is -0.325 e. The van der Waals surface area contributed by atoms with Crippen LogP contribution in [0.2, 0.25) is 0 Å². The molecule has 0 spiro atoms. The molecule has 2 unspecified atom stereocenters. The molecule has 0 aliphatic rings. The molecule has 1 amide bonds. The average Bonchev–Trinajstić information content (AvgIpc) is 2.93. The molecule has 118 valence electrons. The van der Waals surface area contributed by atoms with Crippen LogP contribution in [0.15, 0.2) is 18.2 Å². The molecule has 22 heavy (non-hydrogen) atoms. The normalized spacial score (nSPS) is 13.7. The number of nitrogens with one attached hydrogen (secondary N) is 1. The molecule has 1 aromatic heterocycles. The third-order valence-electron chi connectivity index (χ3n) is 3.63. The molecule has 7 nitrogen and oxygen atoms in total. The van der Waals surface area contributed by atoms with Crippen molar-refractivity contribution in [3.05, 3.63) is 29.8 Å². The molecule has 2 aromatic rings. The van der Waals surface area contributed by atoms with E-state index in [9.17, 15) is 9.18 Å². The number of nitrogens with two attached hydrogens (primary N) is 1. The fraction of sp³-hybridized carbons (Fsp3) is 0.429. The first kappa shape index (κ1) is 16.0. The Balaban J connectivity index is 2.24. The first-order valence-corrected chi connectivity index (χ1v) is 7.05. The summed E-state index contributed by atoms with van der Waals surface area (Å²) in [6, 6.07) is 3.58. The van der Waals surface area contributed by atoms with Crippen LogP contribution in [0.25, 0.3) is 5.69 Å². The van der Waals surface area contributed by atoms with Crippen LogP contribution in [0.5, 0.6) is 0 Å². The topological polar surface area (TPSA) is 98.7 Å². The van der Waals surface area contributed by atoms with Crippen LogP contribution in [0.3, 0.4) is 0 Å². The Hall–Kier alpha value is -2.35. The largest absolute Gasteiger partial charge is 0.325 e. The number of hydrogen-bond donors (Lipinski definition) is 2. The zero-order chi connectivity index (χ0) is 16.3. The molecule has 1 aromatic carbocycles. The van der Waals surface area contributed by atoms with Crippen molar-refractivity contribution in [3.8, 4) is 5.69 Å². The summed E-state index contributed by atoms with van der Waals surface area (Å²) in [7, 11) is 0. The summed E-state index contributed by atoms with van der Waals surface area (Å²) in [4.78, 5) is 12.1. The van der Waals surface area contributed by atoms with Gasteiger partial charge in [0.05, 0.1) is 6.04 Å². The van der Waals surface area contributed by atoms with Crippen LogP contribution in [-0.4, -0.2) is 32.2 Å². The Morgan fingerprint density at radius 3 is 2.82 bits per heavy atom. The number of hydrogen-bond acceptors (Lipinski definition) is 5. The van der Waals surface area contributed by atoms with Gasteiger partial charge >= 0.3 is 0 Å². The molecule has 2 atom stereocenters. The van der Waals surface area contributed by atoms with E-state index in [4.69, 9.17) is 5.73 Å². The molecule has 3 N–H and O–H groups in total. The second-order valence-corrected chi connectivity index (χ2v) is 5.20. The minimum atomic E-state index is -0.617. The summed E-state index contributed by atoms with van der Waals surface area (Å²) in [5.74, 6) is -0.291. The Bertz CT molecular complexity index is 671. The van der Waals surface area contributed by atoms with Crippen LogP contribution in [-0.2, 0) is 4.79 Å². The summed E-state index contributed by atoms with van der Waals surface area (Å²) in [5, 5.41) is 13.6. The number of benzene rings is 1. The highest BCUT2D eigenvalue weighted by Crippen LogP contribution is 2.19. The third kappa shape index (κ3) is 3.28. The maximum absolute atomic E-state index is 13.9. The van der Waals surface area contributed by atoms with Crippen molar-refractivity contribution in [1.82, 2.24) is 20.2 Å². The number of nitrogens with zero attached hydrogens (tertiary/aromatic N) is 4. The highest BCUT2D eigenvalue weighted by Gasteiger charge is 2.20. The number of amides is 1. The van der Waals surface area contributed by atoms with E-state index >= 15 is 0 Å². The van der Waals surface area contributed by atoms with Gasteiger partial charge in [-0.05, 0) is 41.5 Å². The number of tetrazole rings is 1. The van der Waals surface area contributed by atoms with Gasteiger partial charge < -0.3 is 11.1 Å². The fourth-order valence-corrected chi connectivity index (χ4v) is 1.94. The van der Waals surface area contributed by atoms with Crippen molar-refractivity contribution in [1.29, 1.82) is 0 Å². The van der Waals surface area contributed by atoms with Gasteiger partial charge in [-0.15, -0.1) is 5.10 Å². The van der Waals surface area contributed by atoms with Gasteiger partial charge in [-0.25, -0.2) is 4.39 Å². The van der Waals surface area contributed by atoms with E-state index in [1.165, 1.54) is 22.9 Å². The number of aryl methyl sites for hydroxylation is 1. The van der Waals surface area contributed by atoms with Crippen LogP contribution in [0, 0.1) is 18.7 Å². The van der Waals surface area contributed by atoms with Gasteiger partial charge in [0.2, 0.25) is 5.91 Å². The van der Waals surface area contributed by atoms with E-state index in [2.05, 4.69) is 20.8 Å². The molecule has 0 radical (unpaired) electrons. The standard InChI is InChI=1S/C14H19FN6O/c1-4-8(2)13(16)14(22)17-10-5-6-11(15)12(7-10)21-9(3)18-19-20-21/h5-8,13H,4,16H2,1-3H3,(H,17,22). The lowest BCUT2D eigenvalue weighted by atomic mass is 9.99. The van der Waals surface area contributed by atoms with Crippen LogP contribution in [0.4, 0.5) is 10.1 Å². The van der Waals surface area contributed by atoms with Gasteiger partial charge in [-0.1, -0.05) is 20.3 Å². The number of aromatic nitrogens is 4. The molecular weight excluding hydrogens is 287 g/mol. The predicted molar refractivity (Wildman–Crippen MR) is 79.9 cm³/mol. The molecule has 8 heteroatoms. The maximum Gasteiger partial charge on any atom is 0.241 e. The van der Waals surface area contributed by atoms with Crippen molar-refractivity contribution in [2.45, 2.75) is 33.2 Å². The Morgan fingerprint density at radius 1 is 1.50 bits per heavy atom. The van der Waals surface area contributed by atoms with Gasteiger partial charge in [0.1, 0.15) is 11.5 Å². The van der Waals surface area contributed by atoms with Crippen LogP contribution >= 0.6 is 0 Å². The summed E-state index contributed by atoms with van der Waals surface area (Å²) in [6.07, 6.45) is 0.799. The summed E-state index contributed by atoms with van der Waals surface area (Å²) in [5.41, 5.74) is 6.49. The van der Waals surface area contributed by atoms with Crippen molar-refractivity contribution >= 4 is 11.6 Å². The number of carbonyl (C=O) groups is 1. The van der Waals surface area contributed by atoms with E-state index in [-0.39, 0.29) is 17.5 Å². The van der Waals surface area contributed by atoms with Crippen molar-refractivity contribution < 1.29 is 9.18 Å². The molecule has 2 rings (SSSR count). The number of halogens is 1. The number of carbonyl (C=O) groups excluding carboxylic acids is 1. The van der Waals surface area contributed by atoms with Gasteiger partial charge in [-0.2, -0.15) is 4.68 Å². The highest BCUT2D eigenvalue weighted by atomic mass is 19.1. The zero-order valence-electron chi connectivity index (χ0n) is 12.7. The molecule has 0 saturated heterocycles. The maximum atomic E-state index is 13.9. The third-order valence-corrected chi connectivity index (χ3v) is 3.63. The highest BCUT2D eigenvalue weighted by molar-refractivity contribution is 5.95.